The van der Waals surface area contributed by atoms with E-state index in [9.17, 15) is 14.4 Å². The van der Waals surface area contributed by atoms with Crippen molar-refractivity contribution in [3.63, 3.8) is 0 Å². The van der Waals surface area contributed by atoms with Crippen LogP contribution in [0.25, 0.3) is 0 Å². The molecular weight excluding hydrogens is 354 g/mol. The fourth-order valence-corrected chi connectivity index (χ4v) is 4.77. The third kappa shape index (κ3) is 2.50. The van der Waals surface area contributed by atoms with E-state index < -0.39 is 5.97 Å². The Bertz CT molecular complexity index is 1010. The van der Waals surface area contributed by atoms with Crippen LogP contribution in [-0.4, -0.2) is 17.8 Å². The van der Waals surface area contributed by atoms with Crippen LogP contribution in [0.5, 0.6) is 5.75 Å². The summed E-state index contributed by atoms with van der Waals surface area (Å²) in [6.45, 7) is 1.92. The van der Waals surface area contributed by atoms with Crippen LogP contribution in [0.2, 0.25) is 0 Å². The molecule has 1 saturated carbocycles. The molecule has 0 N–H and O–H groups in total. The molecule has 5 heteroatoms. The Kier molecular flexibility index (Phi) is 3.72. The average molecular weight is 373 g/mol. The summed E-state index contributed by atoms with van der Waals surface area (Å²) in [6, 6.07) is 13.8. The number of rotatable bonds is 3. The van der Waals surface area contributed by atoms with Crippen LogP contribution in [0.1, 0.15) is 22.3 Å². The molecule has 0 unspecified atom stereocenters. The summed E-state index contributed by atoms with van der Waals surface area (Å²) in [5.41, 5.74) is 1.72. The van der Waals surface area contributed by atoms with Crippen LogP contribution in [0.4, 0.5) is 5.69 Å². The Morgan fingerprint density at radius 1 is 0.964 bits per heavy atom. The van der Waals surface area contributed by atoms with Gasteiger partial charge in [0, 0.05) is 0 Å². The normalized spacial score (nSPS) is 27.4. The number of aryl methyl sites for hydroxylation is 1. The van der Waals surface area contributed by atoms with Crippen molar-refractivity contribution in [1.29, 1.82) is 0 Å². The van der Waals surface area contributed by atoms with Crippen LogP contribution >= 0.6 is 0 Å². The number of imide groups is 1. The number of amides is 2. The SMILES string of the molecule is Cc1cccc(OC(=O)c2cccc(N3C(=O)[C@@H]4[C@H](C3=O)[C@H]3C=C[C@@H]4C3)c2)c1. The molecule has 0 aromatic heterocycles. The fourth-order valence-electron chi connectivity index (χ4n) is 4.77. The summed E-state index contributed by atoms with van der Waals surface area (Å²) in [5, 5.41) is 0. The minimum atomic E-state index is -0.520. The van der Waals surface area contributed by atoms with E-state index in [4.69, 9.17) is 4.74 Å². The first-order valence-electron chi connectivity index (χ1n) is 9.48. The molecule has 2 aromatic carbocycles. The molecule has 2 amide bonds. The van der Waals surface area contributed by atoms with Gasteiger partial charge in [-0.05, 0) is 61.1 Å². The average Bonchev–Trinajstić information content (AvgIpc) is 3.36. The highest BCUT2D eigenvalue weighted by Gasteiger charge is 2.59. The molecule has 28 heavy (non-hydrogen) atoms. The standard InChI is InChI=1S/C23H19NO4/c1-13-4-2-7-18(10-13)28-23(27)16-5-3-6-17(12-16)24-21(25)19-14-8-9-15(11-14)20(19)22(24)26/h2-10,12,14-15,19-20H,11H2,1H3/t14-,15+,19+,20-. The lowest BCUT2D eigenvalue weighted by Crippen LogP contribution is -2.33. The van der Waals surface area contributed by atoms with E-state index in [1.807, 2.05) is 19.1 Å². The summed E-state index contributed by atoms with van der Waals surface area (Å²) in [7, 11) is 0. The summed E-state index contributed by atoms with van der Waals surface area (Å²) < 4.78 is 5.43. The van der Waals surface area contributed by atoms with Gasteiger partial charge in [0.15, 0.2) is 0 Å². The van der Waals surface area contributed by atoms with Crippen molar-refractivity contribution < 1.29 is 19.1 Å². The first-order chi connectivity index (χ1) is 13.5. The molecule has 5 nitrogen and oxygen atoms in total. The van der Waals surface area contributed by atoms with E-state index in [0.29, 0.717) is 17.0 Å². The number of anilines is 1. The lowest BCUT2D eigenvalue weighted by Gasteiger charge is -2.18. The predicted octanol–water partition coefficient (Wildman–Crippen LogP) is 3.53. The van der Waals surface area contributed by atoms with Gasteiger partial charge in [-0.2, -0.15) is 0 Å². The van der Waals surface area contributed by atoms with Gasteiger partial charge in [-0.15, -0.1) is 0 Å². The lowest BCUT2D eigenvalue weighted by atomic mass is 9.85. The number of ether oxygens (including phenoxy) is 1. The first kappa shape index (κ1) is 16.9. The predicted molar refractivity (Wildman–Crippen MR) is 103 cm³/mol. The van der Waals surface area contributed by atoms with Crippen LogP contribution in [0.15, 0.2) is 60.7 Å². The minimum absolute atomic E-state index is 0.156. The smallest absolute Gasteiger partial charge is 0.343 e. The lowest BCUT2D eigenvalue weighted by molar-refractivity contribution is -0.123. The van der Waals surface area contributed by atoms with Gasteiger partial charge in [0.2, 0.25) is 11.8 Å². The number of allylic oxidation sites excluding steroid dienone is 2. The molecule has 3 aliphatic rings. The molecule has 2 aliphatic carbocycles. The first-order valence-corrected chi connectivity index (χ1v) is 9.48. The van der Waals surface area contributed by atoms with Gasteiger partial charge >= 0.3 is 5.97 Å². The highest BCUT2D eigenvalue weighted by Crippen LogP contribution is 2.53. The topological polar surface area (TPSA) is 63.7 Å². The largest absolute Gasteiger partial charge is 0.423 e. The molecule has 5 rings (SSSR count). The summed E-state index contributed by atoms with van der Waals surface area (Å²) >= 11 is 0. The number of carbonyl (C=O) groups excluding carboxylic acids is 3. The Morgan fingerprint density at radius 2 is 1.64 bits per heavy atom. The maximum absolute atomic E-state index is 13.0. The molecule has 2 fully saturated rings. The number of fused-ring (bicyclic) bond motifs is 5. The zero-order chi connectivity index (χ0) is 19.4. The molecule has 2 bridgehead atoms. The second kappa shape index (κ2) is 6.16. The summed E-state index contributed by atoms with van der Waals surface area (Å²) in [5.74, 6) is -0.575. The van der Waals surface area contributed by atoms with Crippen LogP contribution in [0.3, 0.4) is 0 Å². The number of hydrogen-bond donors (Lipinski definition) is 0. The minimum Gasteiger partial charge on any atom is -0.423 e. The van der Waals surface area contributed by atoms with Crippen molar-refractivity contribution >= 4 is 23.5 Å². The highest BCUT2D eigenvalue weighted by molar-refractivity contribution is 6.23. The van der Waals surface area contributed by atoms with Gasteiger partial charge in [-0.1, -0.05) is 30.4 Å². The van der Waals surface area contributed by atoms with Crippen molar-refractivity contribution in [2.75, 3.05) is 4.90 Å². The molecule has 2 aromatic rings. The number of hydrogen-bond acceptors (Lipinski definition) is 4. The molecule has 0 radical (unpaired) electrons. The number of carbonyl (C=O) groups is 3. The van der Waals surface area contributed by atoms with Gasteiger partial charge in [0.25, 0.3) is 0 Å². The second-order valence-electron chi connectivity index (χ2n) is 7.77. The van der Waals surface area contributed by atoms with Crippen molar-refractivity contribution in [3.8, 4) is 5.75 Å². The highest BCUT2D eigenvalue weighted by atomic mass is 16.5. The van der Waals surface area contributed by atoms with E-state index in [-0.39, 0.29) is 35.5 Å². The zero-order valence-corrected chi connectivity index (χ0v) is 15.4. The van der Waals surface area contributed by atoms with E-state index >= 15 is 0 Å². The van der Waals surface area contributed by atoms with Gasteiger partial charge < -0.3 is 4.74 Å². The second-order valence-corrected chi connectivity index (χ2v) is 7.77. The fraction of sp³-hybridized carbons (Fsp3) is 0.261. The zero-order valence-electron chi connectivity index (χ0n) is 15.4. The van der Waals surface area contributed by atoms with Gasteiger partial charge in [0.05, 0.1) is 23.1 Å². The maximum atomic E-state index is 13.0. The van der Waals surface area contributed by atoms with Gasteiger partial charge in [-0.3, -0.25) is 9.59 Å². The van der Waals surface area contributed by atoms with Crippen LogP contribution in [-0.2, 0) is 9.59 Å². The third-order valence-electron chi connectivity index (χ3n) is 6.01. The Morgan fingerprint density at radius 3 is 2.32 bits per heavy atom. The van der Waals surface area contributed by atoms with Gasteiger partial charge in [-0.25, -0.2) is 9.69 Å². The molecule has 140 valence electrons. The summed E-state index contributed by atoms with van der Waals surface area (Å²) in [6.07, 6.45) is 5.02. The van der Waals surface area contributed by atoms with Crippen LogP contribution < -0.4 is 9.64 Å². The molecule has 0 spiro atoms. The molecule has 4 atom stereocenters. The third-order valence-corrected chi connectivity index (χ3v) is 6.01. The molecule has 1 aliphatic heterocycles. The van der Waals surface area contributed by atoms with Crippen LogP contribution in [0, 0.1) is 30.6 Å². The quantitative estimate of drug-likeness (QED) is 0.357. The monoisotopic (exact) mass is 373 g/mol. The molecule has 1 heterocycles. The van der Waals surface area contributed by atoms with E-state index in [2.05, 4.69) is 12.2 Å². The number of nitrogens with zero attached hydrogens (tertiary/aromatic N) is 1. The van der Waals surface area contributed by atoms with Crippen molar-refractivity contribution in [2.45, 2.75) is 13.3 Å². The Hall–Kier alpha value is -3.21. The summed E-state index contributed by atoms with van der Waals surface area (Å²) in [4.78, 5) is 39.7. The van der Waals surface area contributed by atoms with Crippen molar-refractivity contribution in [2.24, 2.45) is 23.7 Å². The molecule has 1 saturated heterocycles. The molecular formula is C23H19NO4. The van der Waals surface area contributed by atoms with Crippen molar-refractivity contribution in [3.05, 3.63) is 71.8 Å². The maximum Gasteiger partial charge on any atom is 0.343 e. The Balaban J connectivity index is 1.41. The number of esters is 1. The number of benzene rings is 2. The van der Waals surface area contributed by atoms with Crippen molar-refractivity contribution in [1.82, 2.24) is 0 Å². The van der Waals surface area contributed by atoms with E-state index in [1.165, 1.54) is 4.90 Å². The van der Waals surface area contributed by atoms with Gasteiger partial charge in [0.1, 0.15) is 5.75 Å². The Labute approximate surface area is 162 Å². The van der Waals surface area contributed by atoms with E-state index in [1.54, 1.807) is 36.4 Å². The van der Waals surface area contributed by atoms with E-state index in [0.717, 1.165) is 12.0 Å².